The van der Waals surface area contributed by atoms with Crippen LogP contribution in [0.15, 0.2) is 46.2 Å². The van der Waals surface area contributed by atoms with E-state index in [9.17, 15) is 51.9 Å². The minimum absolute atomic E-state index is 0.0679. The van der Waals surface area contributed by atoms with Crippen LogP contribution in [0.25, 0.3) is 44.0 Å². The number of rotatable bonds is 4. The quantitative estimate of drug-likeness (QED) is 0.175. The van der Waals surface area contributed by atoms with Gasteiger partial charge in [0, 0.05) is 16.6 Å². The number of nitrogens with one attached hydrogen (secondary N) is 2. The van der Waals surface area contributed by atoms with Crippen LogP contribution in [0.5, 0.6) is 0 Å². The number of aromatic amines is 2. The van der Waals surface area contributed by atoms with Gasteiger partial charge in [0.15, 0.2) is 0 Å². The van der Waals surface area contributed by atoms with Gasteiger partial charge in [0.05, 0.1) is 22.6 Å². The summed E-state index contributed by atoms with van der Waals surface area (Å²) in [5.41, 5.74) is -2.75. The zero-order chi connectivity index (χ0) is 29.4. The van der Waals surface area contributed by atoms with E-state index in [-0.39, 0.29) is 11.2 Å². The average molecular weight is 631 g/mol. The molecule has 0 fully saturated rings. The molecule has 8 bridgehead atoms. The predicted octanol–water partition coefficient (Wildman–Crippen LogP) is 1.58. The van der Waals surface area contributed by atoms with Crippen LogP contribution in [0.2, 0.25) is 0 Å². The molecule has 0 aromatic carbocycles. The summed E-state index contributed by atoms with van der Waals surface area (Å²) >= 11 is 0. The average Bonchev–Trinajstić information content (AvgIpc) is 3.53. The number of H-pyrrole nitrogens is 2. The van der Waals surface area contributed by atoms with Gasteiger partial charge in [-0.2, -0.15) is 33.7 Å². The highest BCUT2D eigenvalue weighted by molar-refractivity contribution is 8.01. The third kappa shape index (κ3) is 5.09. The molecule has 2 aliphatic rings. The standard InChI is InChI=1S/C20H14N4O12S4/c25-37(26,27)15-8-13-6-11-2-1-9(21-11)5-10-3-4-12(22-10)7-14-18(38(28,29)30)20(40(34,35)36)17(24-14)19(16(15)23-13)39(31,32)33/h1-8,21,23H,(H,25,26,27)(H,28,29,30)(H,31,32,33)(H,34,35,36). The van der Waals surface area contributed by atoms with E-state index in [2.05, 4.69) is 19.9 Å². The van der Waals surface area contributed by atoms with Crippen molar-refractivity contribution in [2.45, 2.75) is 9.79 Å². The number of nitrogens with zero attached hydrogens (tertiary/aromatic N) is 2. The summed E-state index contributed by atoms with van der Waals surface area (Å²) in [5.74, 6) is 0. The Morgan fingerprint density at radius 1 is 0.575 bits per heavy atom. The first-order valence-electron chi connectivity index (χ1n) is 10.4. The molecule has 210 valence electrons. The minimum atomic E-state index is -5.79. The monoisotopic (exact) mass is 630 g/mol. The van der Waals surface area contributed by atoms with Crippen molar-refractivity contribution in [1.29, 1.82) is 0 Å². The largest absolute Gasteiger partial charge is 0.355 e. The van der Waals surface area contributed by atoms with Crippen molar-refractivity contribution in [3.8, 4) is 0 Å². The Kier molecular flexibility index (Phi) is 6.16. The maximum absolute atomic E-state index is 12.6. The van der Waals surface area contributed by atoms with Crippen LogP contribution in [-0.2, 0) is 40.5 Å². The van der Waals surface area contributed by atoms with Crippen molar-refractivity contribution >= 4 is 84.5 Å². The Morgan fingerprint density at radius 2 is 1.15 bits per heavy atom. The van der Waals surface area contributed by atoms with Crippen molar-refractivity contribution in [1.82, 2.24) is 19.9 Å². The van der Waals surface area contributed by atoms with Gasteiger partial charge < -0.3 is 9.97 Å². The number of fused-ring (bicyclic) bond motifs is 8. The molecule has 40 heavy (non-hydrogen) atoms. The molecular weight excluding hydrogens is 617 g/mol. The first-order chi connectivity index (χ1) is 18.3. The maximum atomic E-state index is 12.6. The molecular formula is C20H14N4O12S4. The van der Waals surface area contributed by atoms with E-state index in [0.717, 1.165) is 12.1 Å². The van der Waals surface area contributed by atoms with Gasteiger partial charge >= 0.3 is 0 Å². The molecule has 20 heteroatoms. The van der Waals surface area contributed by atoms with Gasteiger partial charge in [-0.25, -0.2) is 9.97 Å². The second-order valence-corrected chi connectivity index (χ2v) is 13.8. The SMILES string of the molecule is O=S(=O)(O)C1=C(S(=O)(=O)O)c2nc1cc1nc(cc3ccc(cc4cc(S(=O)(=O)O)c([nH]4)c2S(=O)(=O)O)[nH]3)C=C1. The Morgan fingerprint density at radius 3 is 1.70 bits per heavy atom. The summed E-state index contributed by atoms with van der Waals surface area (Å²) in [4.78, 5) is 6.84. The van der Waals surface area contributed by atoms with Crippen LogP contribution in [0, 0.1) is 0 Å². The van der Waals surface area contributed by atoms with Crippen LogP contribution >= 0.6 is 0 Å². The molecule has 5 rings (SSSR count). The second-order valence-electron chi connectivity index (χ2n) is 8.29. The highest BCUT2D eigenvalue weighted by Gasteiger charge is 2.41. The maximum Gasteiger partial charge on any atom is 0.298 e. The van der Waals surface area contributed by atoms with Crippen molar-refractivity contribution < 1.29 is 51.9 Å². The van der Waals surface area contributed by atoms with Crippen LogP contribution in [0.3, 0.4) is 0 Å². The van der Waals surface area contributed by atoms with E-state index in [0.29, 0.717) is 16.7 Å². The lowest BCUT2D eigenvalue weighted by molar-refractivity contribution is 0.482. The molecule has 0 atom stereocenters. The molecule has 0 radical (unpaired) electrons. The summed E-state index contributed by atoms with van der Waals surface area (Å²) in [6, 6.07) is 7.49. The number of hydrogen-bond donors (Lipinski definition) is 6. The third-order valence-electron chi connectivity index (χ3n) is 5.50. The van der Waals surface area contributed by atoms with Gasteiger partial charge in [0.2, 0.25) is 0 Å². The van der Waals surface area contributed by atoms with Crippen LogP contribution in [0.1, 0.15) is 22.8 Å². The molecule has 0 saturated carbocycles. The lowest BCUT2D eigenvalue weighted by atomic mass is 10.3. The summed E-state index contributed by atoms with van der Waals surface area (Å²) in [6.07, 6.45) is 2.80. The van der Waals surface area contributed by atoms with E-state index < -0.39 is 77.0 Å². The van der Waals surface area contributed by atoms with Crippen LogP contribution in [-0.4, -0.2) is 71.8 Å². The normalized spacial score (nSPS) is 14.6. The molecule has 0 amide bonds. The molecule has 5 heterocycles. The molecule has 0 spiro atoms. The topological polar surface area (TPSA) is 275 Å². The van der Waals surface area contributed by atoms with E-state index in [1.54, 1.807) is 18.2 Å². The Labute approximate surface area is 224 Å². The van der Waals surface area contributed by atoms with Gasteiger partial charge in [-0.3, -0.25) is 18.2 Å². The van der Waals surface area contributed by atoms with Gasteiger partial charge in [0.25, 0.3) is 40.5 Å². The smallest absolute Gasteiger partial charge is 0.298 e. The number of aromatic nitrogens is 4. The Bertz CT molecular complexity index is 2310. The van der Waals surface area contributed by atoms with Crippen LogP contribution in [0.4, 0.5) is 0 Å². The van der Waals surface area contributed by atoms with Gasteiger partial charge in [-0.15, -0.1) is 0 Å². The third-order valence-corrected chi connectivity index (χ3v) is 9.26. The molecule has 3 aromatic rings. The highest BCUT2D eigenvalue weighted by atomic mass is 32.2. The van der Waals surface area contributed by atoms with Gasteiger partial charge in [-0.05, 0) is 48.6 Å². The zero-order valence-electron chi connectivity index (χ0n) is 19.2. The molecule has 2 aliphatic heterocycles. The Balaban J connectivity index is 2.19. The highest BCUT2D eigenvalue weighted by Crippen LogP contribution is 2.41. The van der Waals surface area contributed by atoms with E-state index in [4.69, 9.17) is 0 Å². The fraction of sp³-hybridized carbons (Fsp3) is 0. The number of hydrogen-bond acceptors (Lipinski definition) is 10. The van der Waals surface area contributed by atoms with E-state index in [1.165, 1.54) is 18.2 Å². The Hall–Kier alpha value is -3.76. The van der Waals surface area contributed by atoms with Gasteiger partial charge in [-0.1, -0.05) is 0 Å². The van der Waals surface area contributed by atoms with Crippen molar-refractivity contribution in [3.05, 3.63) is 59.2 Å². The first kappa shape index (κ1) is 27.8. The lowest BCUT2D eigenvalue weighted by Crippen LogP contribution is -2.11. The zero-order valence-corrected chi connectivity index (χ0v) is 22.5. The van der Waals surface area contributed by atoms with Crippen molar-refractivity contribution in [2.75, 3.05) is 0 Å². The van der Waals surface area contributed by atoms with E-state index >= 15 is 0 Å². The van der Waals surface area contributed by atoms with Crippen LogP contribution < -0.4 is 0 Å². The van der Waals surface area contributed by atoms with E-state index in [1.807, 2.05) is 0 Å². The molecule has 6 N–H and O–H groups in total. The fourth-order valence-electron chi connectivity index (χ4n) is 4.08. The first-order valence-corrected chi connectivity index (χ1v) is 16.2. The molecule has 0 aliphatic carbocycles. The summed E-state index contributed by atoms with van der Waals surface area (Å²) in [7, 11) is -22.5. The predicted molar refractivity (Wildman–Crippen MR) is 139 cm³/mol. The fourth-order valence-corrected chi connectivity index (χ4v) is 7.77. The molecule has 0 unspecified atom stereocenters. The van der Waals surface area contributed by atoms with Gasteiger partial charge in [0.1, 0.15) is 25.3 Å². The van der Waals surface area contributed by atoms with Crippen molar-refractivity contribution in [3.63, 3.8) is 0 Å². The molecule has 16 nitrogen and oxygen atoms in total. The second kappa shape index (κ2) is 8.87. The molecule has 0 saturated heterocycles. The van der Waals surface area contributed by atoms with Crippen molar-refractivity contribution in [2.24, 2.45) is 0 Å². The summed E-state index contributed by atoms with van der Waals surface area (Å²) in [5, 5.41) is 0. The summed E-state index contributed by atoms with van der Waals surface area (Å²) in [6.45, 7) is 0. The molecule has 3 aromatic heterocycles. The summed E-state index contributed by atoms with van der Waals surface area (Å²) < 4.78 is 139. The minimum Gasteiger partial charge on any atom is -0.355 e. The lowest BCUT2D eigenvalue weighted by Gasteiger charge is -2.06.